The molecule has 0 aromatic heterocycles. The van der Waals surface area contributed by atoms with Crippen molar-refractivity contribution in [3.8, 4) is 11.5 Å². The summed E-state index contributed by atoms with van der Waals surface area (Å²) in [6, 6.07) is 3.45. The van der Waals surface area contributed by atoms with Crippen molar-refractivity contribution < 1.29 is 14.3 Å². The summed E-state index contributed by atoms with van der Waals surface area (Å²) in [6.45, 7) is 5.07. The maximum absolute atomic E-state index is 12.1. The summed E-state index contributed by atoms with van der Waals surface area (Å²) in [5, 5.41) is 6.11. The lowest BCUT2D eigenvalue weighted by Crippen LogP contribution is -2.48. The number of benzene rings is 1. The molecule has 0 spiro atoms. The second-order valence-corrected chi connectivity index (χ2v) is 5.51. The van der Waals surface area contributed by atoms with Crippen LogP contribution >= 0.6 is 15.9 Å². The molecule has 1 saturated heterocycles. The molecule has 0 atom stereocenters. The lowest BCUT2D eigenvalue weighted by atomic mass is 10.0. The third kappa shape index (κ3) is 3.43. The second-order valence-electron chi connectivity index (χ2n) is 4.66. The predicted molar refractivity (Wildman–Crippen MR) is 80.6 cm³/mol. The van der Waals surface area contributed by atoms with Crippen molar-refractivity contribution in [2.45, 2.75) is 6.92 Å². The molecule has 1 heterocycles. The normalized spacial score (nSPS) is 14.6. The number of rotatable bonds is 6. The summed E-state index contributed by atoms with van der Waals surface area (Å²) in [4.78, 5) is 12.1. The largest absolute Gasteiger partial charge is 0.493 e. The Morgan fingerprint density at radius 2 is 2.25 bits per heavy atom. The number of hydrogen-bond acceptors (Lipinski definition) is 4. The summed E-state index contributed by atoms with van der Waals surface area (Å²) >= 11 is 3.42. The Balaban J connectivity index is 2.10. The van der Waals surface area contributed by atoms with Crippen molar-refractivity contribution in [3.63, 3.8) is 0 Å². The van der Waals surface area contributed by atoms with Gasteiger partial charge in [0.25, 0.3) is 5.91 Å². The van der Waals surface area contributed by atoms with Gasteiger partial charge in [-0.1, -0.05) is 0 Å². The Kier molecular flexibility index (Phi) is 5.25. The van der Waals surface area contributed by atoms with Crippen LogP contribution in [0.5, 0.6) is 11.5 Å². The van der Waals surface area contributed by atoms with Gasteiger partial charge in [-0.2, -0.15) is 0 Å². The molecule has 6 heteroatoms. The van der Waals surface area contributed by atoms with Gasteiger partial charge >= 0.3 is 0 Å². The van der Waals surface area contributed by atoms with Crippen molar-refractivity contribution in [2.24, 2.45) is 5.92 Å². The van der Waals surface area contributed by atoms with E-state index in [4.69, 9.17) is 9.47 Å². The van der Waals surface area contributed by atoms with Crippen LogP contribution in [0, 0.1) is 5.92 Å². The standard InChI is InChI=1S/C14H19BrN2O3/c1-3-20-13-11(15)4-10(5-12(13)19-2)14(18)17-8-9-6-16-7-9/h4-5,9,16H,3,6-8H2,1-2H3,(H,17,18). The number of carbonyl (C=O) groups excluding carboxylic acids is 1. The van der Waals surface area contributed by atoms with Crippen LogP contribution in [-0.4, -0.2) is 39.3 Å². The lowest BCUT2D eigenvalue weighted by Gasteiger charge is -2.27. The zero-order valence-electron chi connectivity index (χ0n) is 11.7. The van der Waals surface area contributed by atoms with Gasteiger partial charge < -0.3 is 20.1 Å². The third-order valence-electron chi connectivity index (χ3n) is 3.20. The summed E-state index contributed by atoms with van der Waals surface area (Å²) in [5.41, 5.74) is 0.560. The van der Waals surface area contributed by atoms with E-state index in [1.165, 1.54) is 0 Å². The van der Waals surface area contributed by atoms with E-state index in [-0.39, 0.29) is 5.91 Å². The quantitative estimate of drug-likeness (QED) is 0.827. The van der Waals surface area contributed by atoms with Gasteiger partial charge in [0.2, 0.25) is 0 Å². The maximum Gasteiger partial charge on any atom is 0.251 e. The topological polar surface area (TPSA) is 59.6 Å². The smallest absolute Gasteiger partial charge is 0.251 e. The fourth-order valence-corrected chi connectivity index (χ4v) is 2.52. The molecule has 0 unspecified atom stereocenters. The summed E-state index contributed by atoms with van der Waals surface area (Å²) in [6.07, 6.45) is 0. The van der Waals surface area contributed by atoms with E-state index in [2.05, 4.69) is 26.6 Å². The van der Waals surface area contributed by atoms with Crippen molar-refractivity contribution in [1.82, 2.24) is 10.6 Å². The summed E-state index contributed by atoms with van der Waals surface area (Å²) in [5.74, 6) is 1.61. The van der Waals surface area contributed by atoms with Gasteiger partial charge in [0.1, 0.15) is 0 Å². The Morgan fingerprint density at radius 3 is 2.80 bits per heavy atom. The molecule has 1 aromatic carbocycles. The van der Waals surface area contributed by atoms with Crippen LogP contribution in [0.1, 0.15) is 17.3 Å². The number of carbonyl (C=O) groups is 1. The third-order valence-corrected chi connectivity index (χ3v) is 3.79. The van der Waals surface area contributed by atoms with Crippen molar-refractivity contribution in [1.29, 1.82) is 0 Å². The SMILES string of the molecule is CCOc1c(Br)cc(C(=O)NCC2CNC2)cc1OC. The second kappa shape index (κ2) is 6.95. The molecule has 1 amide bonds. The molecule has 1 aliphatic rings. The van der Waals surface area contributed by atoms with E-state index in [0.29, 0.717) is 40.6 Å². The summed E-state index contributed by atoms with van der Waals surface area (Å²) in [7, 11) is 1.56. The Hall–Kier alpha value is -1.27. The minimum Gasteiger partial charge on any atom is -0.493 e. The molecule has 5 nitrogen and oxygen atoms in total. The molecule has 1 aromatic rings. The number of nitrogens with one attached hydrogen (secondary N) is 2. The van der Waals surface area contributed by atoms with E-state index >= 15 is 0 Å². The fourth-order valence-electron chi connectivity index (χ4n) is 1.97. The molecular formula is C14H19BrN2O3. The van der Waals surface area contributed by atoms with Gasteiger partial charge in [-0.15, -0.1) is 0 Å². The number of methoxy groups -OCH3 is 1. The Bertz CT molecular complexity index is 490. The molecule has 0 aliphatic carbocycles. The average Bonchev–Trinajstić information content (AvgIpc) is 2.38. The highest BCUT2D eigenvalue weighted by Gasteiger charge is 2.19. The lowest BCUT2D eigenvalue weighted by molar-refractivity contribution is 0.0941. The molecular weight excluding hydrogens is 324 g/mol. The number of ether oxygens (including phenoxy) is 2. The van der Waals surface area contributed by atoms with E-state index in [9.17, 15) is 4.79 Å². The van der Waals surface area contributed by atoms with Crippen molar-refractivity contribution >= 4 is 21.8 Å². The van der Waals surface area contributed by atoms with E-state index < -0.39 is 0 Å². The predicted octanol–water partition coefficient (Wildman–Crippen LogP) is 1.81. The highest BCUT2D eigenvalue weighted by atomic mass is 79.9. The minimum atomic E-state index is -0.0982. The van der Waals surface area contributed by atoms with Crippen LogP contribution in [0.4, 0.5) is 0 Å². The molecule has 1 fully saturated rings. The van der Waals surface area contributed by atoms with Gasteiger partial charge in [-0.05, 0) is 35.0 Å². The Morgan fingerprint density at radius 1 is 1.50 bits per heavy atom. The van der Waals surface area contributed by atoms with Crippen molar-refractivity contribution in [2.75, 3.05) is 33.4 Å². The van der Waals surface area contributed by atoms with Gasteiger partial charge in [0, 0.05) is 31.1 Å². The van der Waals surface area contributed by atoms with Crippen LogP contribution in [0.3, 0.4) is 0 Å². The molecule has 110 valence electrons. The maximum atomic E-state index is 12.1. The average molecular weight is 343 g/mol. The van der Waals surface area contributed by atoms with Gasteiger partial charge in [-0.25, -0.2) is 0 Å². The minimum absolute atomic E-state index is 0.0982. The Labute approximate surface area is 127 Å². The number of amides is 1. The molecule has 1 aliphatic heterocycles. The van der Waals surface area contributed by atoms with E-state index in [1.54, 1.807) is 19.2 Å². The van der Waals surface area contributed by atoms with Gasteiger partial charge in [-0.3, -0.25) is 4.79 Å². The first-order chi connectivity index (χ1) is 9.65. The van der Waals surface area contributed by atoms with Gasteiger partial charge in [0.05, 0.1) is 18.2 Å². The first-order valence-electron chi connectivity index (χ1n) is 6.65. The zero-order valence-corrected chi connectivity index (χ0v) is 13.2. The first kappa shape index (κ1) is 15.1. The van der Waals surface area contributed by atoms with Crippen LogP contribution in [0.15, 0.2) is 16.6 Å². The van der Waals surface area contributed by atoms with Crippen LogP contribution in [0.25, 0.3) is 0 Å². The van der Waals surface area contributed by atoms with Crippen LogP contribution in [-0.2, 0) is 0 Å². The van der Waals surface area contributed by atoms with Crippen molar-refractivity contribution in [3.05, 3.63) is 22.2 Å². The highest BCUT2D eigenvalue weighted by Crippen LogP contribution is 2.36. The van der Waals surface area contributed by atoms with E-state index in [0.717, 1.165) is 13.1 Å². The molecule has 2 N–H and O–H groups in total. The molecule has 0 bridgehead atoms. The molecule has 2 rings (SSSR count). The van der Waals surface area contributed by atoms with E-state index in [1.807, 2.05) is 6.92 Å². The van der Waals surface area contributed by atoms with Crippen LogP contribution < -0.4 is 20.1 Å². The number of halogens is 1. The summed E-state index contributed by atoms with van der Waals surface area (Å²) < 4.78 is 11.5. The fraction of sp³-hybridized carbons (Fsp3) is 0.500. The molecule has 20 heavy (non-hydrogen) atoms. The van der Waals surface area contributed by atoms with Gasteiger partial charge in [0.15, 0.2) is 11.5 Å². The number of hydrogen-bond donors (Lipinski definition) is 2. The first-order valence-corrected chi connectivity index (χ1v) is 7.44. The van der Waals surface area contributed by atoms with Crippen LogP contribution in [0.2, 0.25) is 0 Å². The monoisotopic (exact) mass is 342 g/mol. The molecule has 0 saturated carbocycles. The zero-order chi connectivity index (χ0) is 14.5. The highest BCUT2D eigenvalue weighted by molar-refractivity contribution is 9.10. The molecule has 0 radical (unpaired) electrons.